The summed E-state index contributed by atoms with van der Waals surface area (Å²) in [7, 11) is 0. The van der Waals surface area contributed by atoms with Crippen LogP contribution in [-0.4, -0.2) is 10.9 Å². The van der Waals surface area contributed by atoms with Crippen LogP contribution in [0.5, 0.6) is 0 Å². The molecule has 1 amide bonds. The molecule has 0 fully saturated rings. The Kier molecular flexibility index (Phi) is 1.91. The van der Waals surface area contributed by atoms with Crippen molar-refractivity contribution in [2.45, 2.75) is 5.03 Å². The first kappa shape index (κ1) is 7.08. The lowest BCUT2D eigenvalue weighted by Gasteiger charge is -1.93. The topological polar surface area (TPSA) is 56.0 Å². The molecule has 52 valence electrons. The van der Waals surface area contributed by atoms with Crippen LogP contribution >= 0.6 is 12.6 Å². The van der Waals surface area contributed by atoms with Gasteiger partial charge in [0, 0.05) is 11.8 Å². The van der Waals surface area contributed by atoms with Crippen LogP contribution in [0.3, 0.4) is 0 Å². The second-order valence-electron chi connectivity index (χ2n) is 1.77. The molecule has 0 spiro atoms. The van der Waals surface area contributed by atoms with Crippen LogP contribution in [-0.2, 0) is 0 Å². The molecule has 0 bridgehead atoms. The molecule has 0 radical (unpaired) electrons. The first-order chi connectivity index (χ1) is 4.70. The van der Waals surface area contributed by atoms with Crippen LogP contribution in [0.4, 0.5) is 0 Å². The molecule has 0 unspecified atom stereocenters. The van der Waals surface area contributed by atoms with Crippen molar-refractivity contribution in [2.75, 3.05) is 0 Å². The van der Waals surface area contributed by atoms with E-state index in [1.54, 1.807) is 6.07 Å². The zero-order chi connectivity index (χ0) is 7.56. The van der Waals surface area contributed by atoms with Gasteiger partial charge in [-0.2, -0.15) is 0 Å². The molecule has 4 heteroatoms. The summed E-state index contributed by atoms with van der Waals surface area (Å²) in [6.45, 7) is 0. The Morgan fingerprint density at radius 1 is 1.70 bits per heavy atom. The highest BCUT2D eigenvalue weighted by Crippen LogP contribution is 2.03. The van der Waals surface area contributed by atoms with Gasteiger partial charge in [-0.1, -0.05) is 0 Å². The molecular formula is C6H6N2OS. The quantitative estimate of drug-likeness (QED) is 0.578. The standard InChI is InChI=1S/C6H6N2OS/c7-6(9)4-1-2-8-5(10)3-4/h1-3H,(H2,7,9)(H,8,10). The normalized spacial score (nSPS) is 9.30. The average Bonchev–Trinajstić information content (AvgIpc) is 1.88. The van der Waals surface area contributed by atoms with E-state index < -0.39 is 5.91 Å². The fraction of sp³-hybridized carbons (Fsp3) is 0. The summed E-state index contributed by atoms with van der Waals surface area (Å²) in [4.78, 5) is 14.3. The second-order valence-corrected chi connectivity index (χ2v) is 2.23. The second kappa shape index (κ2) is 2.70. The summed E-state index contributed by atoms with van der Waals surface area (Å²) in [5.41, 5.74) is 5.41. The molecule has 1 rings (SSSR count). The van der Waals surface area contributed by atoms with Crippen molar-refractivity contribution in [2.24, 2.45) is 5.73 Å². The monoisotopic (exact) mass is 154 g/mol. The number of carbonyl (C=O) groups excluding carboxylic acids is 1. The first-order valence-electron chi connectivity index (χ1n) is 2.65. The highest BCUT2D eigenvalue weighted by Gasteiger charge is 1.98. The number of thiol groups is 1. The number of pyridine rings is 1. The summed E-state index contributed by atoms with van der Waals surface area (Å²) < 4.78 is 0. The van der Waals surface area contributed by atoms with E-state index in [1.165, 1.54) is 12.3 Å². The van der Waals surface area contributed by atoms with Gasteiger partial charge in [0.1, 0.15) is 0 Å². The molecule has 0 saturated carbocycles. The fourth-order valence-electron chi connectivity index (χ4n) is 0.572. The number of nitrogens with two attached hydrogens (primary N) is 1. The predicted molar refractivity (Wildman–Crippen MR) is 40.0 cm³/mol. The number of amides is 1. The minimum Gasteiger partial charge on any atom is -0.366 e. The van der Waals surface area contributed by atoms with E-state index in [0.717, 1.165) is 0 Å². The van der Waals surface area contributed by atoms with E-state index in [0.29, 0.717) is 10.6 Å². The zero-order valence-electron chi connectivity index (χ0n) is 5.11. The summed E-state index contributed by atoms with van der Waals surface area (Å²) in [5, 5.41) is 0.497. The molecule has 2 N–H and O–H groups in total. The summed E-state index contributed by atoms with van der Waals surface area (Å²) in [5.74, 6) is -0.460. The maximum atomic E-state index is 10.5. The number of rotatable bonds is 1. The predicted octanol–water partition coefficient (Wildman–Crippen LogP) is 0.469. The molecule has 0 aliphatic rings. The lowest BCUT2D eigenvalue weighted by Crippen LogP contribution is -2.10. The molecule has 1 heterocycles. The molecule has 0 saturated heterocycles. The van der Waals surface area contributed by atoms with Gasteiger partial charge in [-0.3, -0.25) is 9.78 Å². The van der Waals surface area contributed by atoms with E-state index >= 15 is 0 Å². The summed E-state index contributed by atoms with van der Waals surface area (Å²) >= 11 is 3.93. The van der Waals surface area contributed by atoms with Gasteiger partial charge in [0.05, 0.1) is 5.03 Å². The summed E-state index contributed by atoms with van der Waals surface area (Å²) in [6, 6.07) is 3.06. The number of aromatic nitrogens is 1. The lowest BCUT2D eigenvalue weighted by molar-refractivity contribution is 0.1000. The molecule has 0 aliphatic heterocycles. The Balaban J connectivity index is 3.07. The van der Waals surface area contributed by atoms with Crippen LogP contribution < -0.4 is 5.73 Å². The molecule has 0 aliphatic carbocycles. The zero-order valence-corrected chi connectivity index (χ0v) is 6.01. The fourth-order valence-corrected chi connectivity index (χ4v) is 0.777. The van der Waals surface area contributed by atoms with Crippen molar-refractivity contribution in [3.8, 4) is 0 Å². The highest BCUT2D eigenvalue weighted by molar-refractivity contribution is 7.80. The van der Waals surface area contributed by atoms with E-state index in [4.69, 9.17) is 5.73 Å². The minimum absolute atomic E-state index is 0.431. The number of carbonyl (C=O) groups is 1. The van der Waals surface area contributed by atoms with Crippen LogP contribution in [0.25, 0.3) is 0 Å². The Morgan fingerprint density at radius 3 is 2.80 bits per heavy atom. The smallest absolute Gasteiger partial charge is 0.248 e. The van der Waals surface area contributed by atoms with Gasteiger partial charge in [-0.05, 0) is 12.1 Å². The van der Waals surface area contributed by atoms with Gasteiger partial charge in [0.2, 0.25) is 5.91 Å². The molecule has 10 heavy (non-hydrogen) atoms. The number of nitrogens with zero attached hydrogens (tertiary/aromatic N) is 1. The van der Waals surface area contributed by atoms with Gasteiger partial charge < -0.3 is 5.73 Å². The Morgan fingerprint density at radius 2 is 2.40 bits per heavy atom. The minimum atomic E-state index is -0.460. The first-order valence-corrected chi connectivity index (χ1v) is 3.09. The van der Waals surface area contributed by atoms with Crippen LogP contribution in [0.15, 0.2) is 23.4 Å². The van der Waals surface area contributed by atoms with Crippen molar-refractivity contribution >= 4 is 18.5 Å². The largest absolute Gasteiger partial charge is 0.366 e. The molecule has 3 nitrogen and oxygen atoms in total. The Hall–Kier alpha value is -1.03. The van der Waals surface area contributed by atoms with Crippen molar-refractivity contribution in [1.29, 1.82) is 0 Å². The third-order valence-corrected chi connectivity index (χ3v) is 1.27. The van der Waals surface area contributed by atoms with Crippen molar-refractivity contribution in [1.82, 2.24) is 4.98 Å². The summed E-state index contributed by atoms with van der Waals surface area (Å²) in [6.07, 6.45) is 1.49. The van der Waals surface area contributed by atoms with Gasteiger partial charge >= 0.3 is 0 Å². The van der Waals surface area contributed by atoms with E-state index in [1.807, 2.05) is 0 Å². The third kappa shape index (κ3) is 1.48. The van der Waals surface area contributed by atoms with E-state index in [9.17, 15) is 4.79 Å². The third-order valence-electron chi connectivity index (χ3n) is 1.03. The highest BCUT2D eigenvalue weighted by atomic mass is 32.1. The lowest BCUT2D eigenvalue weighted by atomic mass is 10.3. The number of hydrogen-bond acceptors (Lipinski definition) is 3. The van der Waals surface area contributed by atoms with Crippen LogP contribution in [0.2, 0.25) is 0 Å². The van der Waals surface area contributed by atoms with Gasteiger partial charge in [-0.15, -0.1) is 12.6 Å². The molecular weight excluding hydrogens is 148 g/mol. The number of hydrogen-bond donors (Lipinski definition) is 2. The van der Waals surface area contributed by atoms with Crippen molar-refractivity contribution in [3.63, 3.8) is 0 Å². The van der Waals surface area contributed by atoms with Gasteiger partial charge in [0.15, 0.2) is 0 Å². The molecule has 1 aromatic rings. The van der Waals surface area contributed by atoms with Crippen molar-refractivity contribution < 1.29 is 4.79 Å². The van der Waals surface area contributed by atoms with Crippen molar-refractivity contribution in [3.05, 3.63) is 23.9 Å². The molecule has 1 aromatic heterocycles. The van der Waals surface area contributed by atoms with Crippen LogP contribution in [0.1, 0.15) is 10.4 Å². The Bertz CT molecular complexity index is 262. The van der Waals surface area contributed by atoms with Gasteiger partial charge in [-0.25, -0.2) is 0 Å². The van der Waals surface area contributed by atoms with Gasteiger partial charge in [0.25, 0.3) is 0 Å². The SMILES string of the molecule is NC(=O)c1ccnc(S)c1. The Labute approximate surface area is 63.7 Å². The van der Waals surface area contributed by atoms with Crippen LogP contribution in [0, 0.1) is 0 Å². The number of primary amides is 1. The van der Waals surface area contributed by atoms with E-state index in [2.05, 4.69) is 17.6 Å². The maximum Gasteiger partial charge on any atom is 0.248 e. The molecule has 0 aromatic carbocycles. The maximum absolute atomic E-state index is 10.5. The van der Waals surface area contributed by atoms with E-state index in [-0.39, 0.29) is 0 Å². The average molecular weight is 154 g/mol. The molecule has 0 atom stereocenters.